The molecule has 0 saturated carbocycles. The van der Waals surface area contributed by atoms with Crippen molar-refractivity contribution >= 4 is 52.6 Å². The fourth-order valence-corrected chi connectivity index (χ4v) is 6.30. The largest absolute Gasteiger partial charge is 0.477 e. The van der Waals surface area contributed by atoms with Gasteiger partial charge in [-0.25, -0.2) is 19.0 Å². The molecule has 0 aromatic carbocycles. The number of thioether (sulfide) groups is 2. The topological polar surface area (TPSA) is 154 Å². The van der Waals surface area contributed by atoms with Gasteiger partial charge in [0.15, 0.2) is 5.16 Å². The smallest absolute Gasteiger partial charge is 0.353 e. The number of aliphatic carboxylic acids is 1. The zero-order valence-electron chi connectivity index (χ0n) is 16.6. The molecular weight excluding hydrogens is 478 g/mol. The summed E-state index contributed by atoms with van der Waals surface area (Å²) in [6.45, 7) is 0. The number of aromatic amines is 1. The van der Waals surface area contributed by atoms with Crippen LogP contribution in [0.1, 0.15) is 4.88 Å². The molecule has 3 N–H and O–H groups in total. The van der Waals surface area contributed by atoms with Gasteiger partial charge in [-0.05, 0) is 17.0 Å². The maximum absolute atomic E-state index is 12.7. The van der Waals surface area contributed by atoms with Gasteiger partial charge in [-0.15, -0.1) is 23.1 Å². The molecule has 0 radical (unpaired) electrons. The number of carboxylic acid groups (broad SMARTS) is 1. The number of hydrogen-bond acceptors (Lipinski definition) is 9. The molecule has 1 fully saturated rings. The Hall–Kier alpha value is -2.84. The summed E-state index contributed by atoms with van der Waals surface area (Å²) >= 11 is 3.80. The zero-order valence-corrected chi connectivity index (χ0v) is 19.0. The van der Waals surface area contributed by atoms with Crippen molar-refractivity contribution in [2.45, 2.75) is 23.0 Å². The van der Waals surface area contributed by atoms with Crippen LogP contribution in [0, 0.1) is 0 Å². The second kappa shape index (κ2) is 8.96. The van der Waals surface area contributed by atoms with Crippen molar-refractivity contribution in [1.82, 2.24) is 24.8 Å². The molecule has 11 nitrogen and oxygen atoms in total. The van der Waals surface area contributed by atoms with Crippen molar-refractivity contribution in [1.29, 1.82) is 0 Å². The van der Waals surface area contributed by atoms with E-state index in [-0.39, 0.29) is 28.9 Å². The van der Waals surface area contributed by atoms with E-state index < -0.39 is 34.7 Å². The minimum Gasteiger partial charge on any atom is -0.477 e. The molecular formula is C18H17N5O6S3. The summed E-state index contributed by atoms with van der Waals surface area (Å²) in [5.41, 5.74) is -1.03. The van der Waals surface area contributed by atoms with Gasteiger partial charge in [0.25, 0.3) is 5.91 Å². The monoisotopic (exact) mass is 495 g/mol. The number of β-lactam (4-membered cyclic amide) rings is 1. The Morgan fingerprint density at radius 3 is 2.81 bits per heavy atom. The van der Waals surface area contributed by atoms with Crippen LogP contribution < -0.4 is 16.7 Å². The lowest BCUT2D eigenvalue weighted by Gasteiger charge is -2.49. The van der Waals surface area contributed by atoms with Crippen LogP contribution in [-0.4, -0.2) is 65.2 Å². The number of amides is 2. The first-order valence-electron chi connectivity index (χ1n) is 9.28. The Labute approximate surface area is 192 Å². The fourth-order valence-electron chi connectivity index (χ4n) is 3.27. The van der Waals surface area contributed by atoms with Crippen molar-refractivity contribution in [2.24, 2.45) is 7.05 Å². The Morgan fingerprint density at radius 1 is 1.38 bits per heavy atom. The molecule has 14 heteroatoms. The molecule has 168 valence electrons. The van der Waals surface area contributed by atoms with Crippen LogP contribution >= 0.6 is 34.9 Å². The molecule has 4 heterocycles. The molecule has 0 unspecified atom stereocenters. The average molecular weight is 496 g/mol. The minimum atomic E-state index is -1.26. The number of carbonyl (C=O) groups is 3. The third kappa shape index (κ3) is 4.25. The SMILES string of the molecule is Cn1c(=O)nc(SCC2=C(C(=O)O)N3C(=O)[C@@H](NC(=O)Cc4cccs4)[C@@H]3SC2)[nH]c1=O. The van der Waals surface area contributed by atoms with Crippen molar-refractivity contribution < 1.29 is 19.5 Å². The van der Waals surface area contributed by atoms with Gasteiger partial charge in [0.05, 0.1) is 6.42 Å². The number of nitrogens with zero attached hydrogens (tertiary/aromatic N) is 3. The number of rotatable bonds is 7. The maximum atomic E-state index is 12.7. The molecule has 1 saturated heterocycles. The van der Waals surface area contributed by atoms with Gasteiger partial charge >= 0.3 is 17.3 Å². The molecule has 2 aliphatic rings. The van der Waals surface area contributed by atoms with Gasteiger partial charge < -0.3 is 10.4 Å². The summed E-state index contributed by atoms with van der Waals surface area (Å²) in [7, 11) is 1.29. The Balaban J connectivity index is 1.47. The third-order valence-corrected chi connectivity index (χ3v) is 8.04. The van der Waals surface area contributed by atoms with E-state index in [1.165, 1.54) is 35.0 Å². The predicted molar refractivity (Wildman–Crippen MR) is 119 cm³/mol. The number of thiophene rings is 1. The van der Waals surface area contributed by atoms with Gasteiger partial charge in [0.2, 0.25) is 5.91 Å². The third-order valence-electron chi connectivity index (χ3n) is 4.87. The van der Waals surface area contributed by atoms with Crippen LogP contribution in [0.2, 0.25) is 0 Å². The second-order valence-electron chi connectivity index (χ2n) is 6.95. The van der Waals surface area contributed by atoms with Crippen molar-refractivity contribution in [3.05, 3.63) is 54.6 Å². The summed E-state index contributed by atoms with van der Waals surface area (Å²) in [5.74, 6) is -1.60. The van der Waals surface area contributed by atoms with Crippen LogP contribution in [0.4, 0.5) is 0 Å². The van der Waals surface area contributed by atoms with Gasteiger partial charge in [-0.1, -0.05) is 17.8 Å². The van der Waals surface area contributed by atoms with E-state index in [1.54, 1.807) is 0 Å². The summed E-state index contributed by atoms with van der Waals surface area (Å²) in [4.78, 5) is 68.5. The first-order valence-corrected chi connectivity index (χ1v) is 12.2. The second-order valence-corrected chi connectivity index (χ2v) is 10.0. The van der Waals surface area contributed by atoms with E-state index in [0.29, 0.717) is 11.3 Å². The van der Waals surface area contributed by atoms with Crippen molar-refractivity contribution in [3.63, 3.8) is 0 Å². The molecule has 32 heavy (non-hydrogen) atoms. The number of fused-ring (bicyclic) bond motifs is 1. The fraction of sp³-hybridized carbons (Fsp3) is 0.333. The lowest BCUT2D eigenvalue weighted by molar-refractivity contribution is -0.150. The van der Waals surface area contributed by atoms with Crippen molar-refractivity contribution in [2.75, 3.05) is 11.5 Å². The van der Waals surface area contributed by atoms with Gasteiger partial charge in [-0.3, -0.25) is 19.5 Å². The Bertz CT molecular complexity index is 1200. The molecule has 2 aromatic rings. The summed E-state index contributed by atoms with van der Waals surface area (Å²) in [6, 6.07) is 2.88. The lowest BCUT2D eigenvalue weighted by Crippen LogP contribution is -2.70. The highest BCUT2D eigenvalue weighted by molar-refractivity contribution is 8.01. The van der Waals surface area contributed by atoms with Gasteiger partial charge in [0.1, 0.15) is 17.1 Å². The number of hydrogen-bond donors (Lipinski definition) is 3. The van der Waals surface area contributed by atoms with E-state index >= 15 is 0 Å². The summed E-state index contributed by atoms with van der Waals surface area (Å²) in [5, 5.41) is 13.8. The molecule has 4 rings (SSSR count). The minimum absolute atomic E-state index is 0.0658. The first kappa shape index (κ1) is 22.4. The lowest BCUT2D eigenvalue weighted by atomic mass is 10.0. The van der Waals surface area contributed by atoms with Crippen molar-refractivity contribution in [3.8, 4) is 0 Å². The van der Waals surface area contributed by atoms with E-state index in [0.717, 1.165) is 21.2 Å². The highest BCUT2D eigenvalue weighted by atomic mass is 32.2. The normalized spacial score (nSPS) is 20.0. The van der Waals surface area contributed by atoms with E-state index in [9.17, 15) is 29.1 Å². The number of carbonyl (C=O) groups excluding carboxylic acids is 2. The molecule has 2 atom stereocenters. The number of aromatic nitrogens is 3. The number of H-pyrrole nitrogens is 1. The molecule has 2 aromatic heterocycles. The molecule has 0 bridgehead atoms. The van der Waals surface area contributed by atoms with E-state index in [1.807, 2.05) is 17.5 Å². The average Bonchev–Trinajstić information content (AvgIpc) is 3.26. The van der Waals surface area contributed by atoms with Crippen LogP contribution in [0.15, 0.2) is 43.5 Å². The molecule has 0 aliphatic carbocycles. The highest BCUT2D eigenvalue weighted by Crippen LogP contribution is 2.41. The molecule has 2 aliphatic heterocycles. The maximum Gasteiger partial charge on any atom is 0.353 e. The first-order chi connectivity index (χ1) is 15.3. The van der Waals surface area contributed by atoms with Crippen LogP contribution in [0.5, 0.6) is 0 Å². The standard InChI is InChI=1S/C18H17N5O6S3/c1-22-17(28)20-16(21-18(22)29)32-7-8-6-31-14-11(13(25)23(14)12(8)15(26)27)19-10(24)5-9-3-2-4-30-9/h2-4,11,14H,5-7H2,1H3,(H,19,24)(H,26,27)(H,20,21,28,29)/t11-,14+/m1/s1. The molecule has 0 spiro atoms. The quantitative estimate of drug-likeness (QED) is 0.344. The van der Waals surface area contributed by atoms with Crippen LogP contribution in [0.25, 0.3) is 0 Å². The van der Waals surface area contributed by atoms with E-state index in [2.05, 4.69) is 15.3 Å². The number of nitrogens with one attached hydrogen (secondary N) is 2. The number of carboxylic acids is 1. The van der Waals surface area contributed by atoms with Gasteiger partial charge in [-0.2, -0.15) is 4.98 Å². The van der Waals surface area contributed by atoms with Crippen LogP contribution in [-0.2, 0) is 27.9 Å². The summed E-state index contributed by atoms with van der Waals surface area (Å²) in [6.07, 6.45) is 0.157. The molecule has 2 amide bonds. The Morgan fingerprint density at radius 2 is 2.16 bits per heavy atom. The van der Waals surface area contributed by atoms with Crippen LogP contribution in [0.3, 0.4) is 0 Å². The van der Waals surface area contributed by atoms with E-state index in [4.69, 9.17) is 0 Å². The van der Waals surface area contributed by atoms with Gasteiger partial charge in [0, 0.05) is 23.4 Å². The predicted octanol–water partition coefficient (Wildman–Crippen LogP) is -0.396. The zero-order chi connectivity index (χ0) is 23.0. The Kier molecular flexibility index (Phi) is 6.26. The highest BCUT2D eigenvalue weighted by Gasteiger charge is 2.54. The summed E-state index contributed by atoms with van der Waals surface area (Å²) < 4.78 is 0.818.